The average molecular weight is 241 g/mol. The van der Waals surface area contributed by atoms with Crippen molar-refractivity contribution in [2.75, 3.05) is 18.5 Å². The minimum absolute atomic E-state index is 0.00443. The fourth-order valence-electron chi connectivity index (χ4n) is 1.48. The van der Waals surface area contributed by atoms with Gasteiger partial charge in [-0.1, -0.05) is 13.0 Å². The Labute approximate surface area is 99.1 Å². The van der Waals surface area contributed by atoms with E-state index in [2.05, 4.69) is 5.32 Å². The van der Waals surface area contributed by atoms with Gasteiger partial charge in [-0.05, 0) is 24.5 Å². The number of rotatable bonds is 6. The van der Waals surface area contributed by atoms with Gasteiger partial charge in [0.1, 0.15) is 5.82 Å². The molecule has 94 valence electrons. The molecule has 17 heavy (non-hydrogen) atoms. The summed E-state index contributed by atoms with van der Waals surface area (Å²) in [6.07, 6.45) is 0.587. The second-order valence-electron chi connectivity index (χ2n) is 3.97. The largest absolute Gasteiger partial charge is 0.478 e. The number of aliphatic hydroxyl groups is 1. The van der Waals surface area contributed by atoms with Crippen molar-refractivity contribution in [2.24, 2.45) is 5.92 Å². The van der Waals surface area contributed by atoms with Crippen molar-refractivity contribution in [3.63, 3.8) is 0 Å². The maximum Gasteiger partial charge on any atom is 0.337 e. The van der Waals surface area contributed by atoms with Crippen molar-refractivity contribution < 1.29 is 19.4 Å². The number of nitrogens with one attached hydrogen (secondary N) is 1. The number of anilines is 1. The van der Waals surface area contributed by atoms with Crippen LogP contribution < -0.4 is 5.32 Å². The first-order chi connectivity index (χ1) is 8.06. The standard InChI is InChI=1S/C12H16FNO3/c1-8(5-6-15)7-14-11-9(12(16)17)3-2-4-10(11)13/h2-4,8,14-15H,5-7H2,1H3,(H,16,17). The molecule has 3 N–H and O–H groups in total. The molecule has 0 aliphatic heterocycles. The molecule has 1 rings (SSSR count). The van der Waals surface area contributed by atoms with Crippen LogP contribution >= 0.6 is 0 Å². The SMILES string of the molecule is CC(CCO)CNc1c(F)cccc1C(=O)O. The molecule has 1 aromatic carbocycles. The Morgan fingerprint density at radius 2 is 2.24 bits per heavy atom. The van der Waals surface area contributed by atoms with Crippen LogP contribution in [0.2, 0.25) is 0 Å². The highest BCUT2D eigenvalue weighted by Crippen LogP contribution is 2.20. The third-order valence-electron chi connectivity index (χ3n) is 2.49. The molecule has 0 aromatic heterocycles. The van der Waals surface area contributed by atoms with Gasteiger partial charge in [-0.3, -0.25) is 0 Å². The molecule has 0 saturated heterocycles. The van der Waals surface area contributed by atoms with E-state index >= 15 is 0 Å². The summed E-state index contributed by atoms with van der Waals surface area (Å²) >= 11 is 0. The maximum absolute atomic E-state index is 13.5. The lowest BCUT2D eigenvalue weighted by atomic mass is 10.1. The van der Waals surface area contributed by atoms with Gasteiger partial charge in [-0.15, -0.1) is 0 Å². The van der Waals surface area contributed by atoms with Gasteiger partial charge in [0.2, 0.25) is 0 Å². The predicted octanol–water partition coefficient (Wildman–Crippen LogP) is 1.95. The summed E-state index contributed by atoms with van der Waals surface area (Å²) in [5.41, 5.74) is -0.0778. The first kappa shape index (κ1) is 13.4. The van der Waals surface area contributed by atoms with Crippen molar-refractivity contribution in [1.29, 1.82) is 0 Å². The Hall–Kier alpha value is -1.62. The molecule has 0 saturated carbocycles. The number of benzene rings is 1. The van der Waals surface area contributed by atoms with Crippen molar-refractivity contribution in [3.8, 4) is 0 Å². The van der Waals surface area contributed by atoms with Crippen LogP contribution in [0.3, 0.4) is 0 Å². The molecular formula is C12H16FNO3. The first-order valence-electron chi connectivity index (χ1n) is 5.42. The van der Waals surface area contributed by atoms with Crippen molar-refractivity contribution in [3.05, 3.63) is 29.6 Å². The molecule has 1 unspecified atom stereocenters. The highest BCUT2D eigenvalue weighted by molar-refractivity contribution is 5.94. The Kier molecular flexibility index (Phi) is 4.90. The molecular weight excluding hydrogens is 225 g/mol. The van der Waals surface area contributed by atoms with E-state index in [0.29, 0.717) is 13.0 Å². The Balaban J connectivity index is 2.79. The second-order valence-corrected chi connectivity index (χ2v) is 3.97. The Morgan fingerprint density at radius 3 is 2.82 bits per heavy atom. The lowest BCUT2D eigenvalue weighted by Gasteiger charge is -2.14. The van der Waals surface area contributed by atoms with Crippen LogP contribution in [-0.4, -0.2) is 29.3 Å². The minimum atomic E-state index is -1.16. The van der Waals surface area contributed by atoms with E-state index in [1.54, 1.807) is 0 Å². The van der Waals surface area contributed by atoms with Crippen molar-refractivity contribution in [1.82, 2.24) is 0 Å². The van der Waals surface area contributed by atoms with E-state index in [0.717, 1.165) is 0 Å². The second kappa shape index (κ2) is 6.20. The minimum Gasteiger partial charge on any atom is -0.478 e. The quantitative estimate of drug-likeness (QED) is 0.712. The predicted molar refractivity (Wildman–Crippen MR) is 62.7 cm³/mol. The zero-order valence-corrected chi connectivity index (χ0v) is 9.61. The van der Waals surface area contributed by atoms with Crippen molar-refractivity contribution in [2.45, 2.75) is 13.3 Å². The molecule has 0 aliphatic rings. The fraction of sp³-hybridized carbons (Fsp3) is 0.417. The van der Waals surface area contributed by atoms with E-state index in [4.69, 9.17) is 10.2 Å². The van der Waals surface area contributed by atoms with Gasteiger partial charge in [-0.2, -0.15) is 0 Å². The highest BCUT2D eigenvalue weighted by atomic mass is 19.1. The summed E-state index contributed by atoms with van der Waals surface area (Å²) in [4.78, 5) is 10.9. The number of halogens is 1. The van der Waals surface area contributed by atoms with Gasteiger partial charge >= 0.3 is 5.97 Å². The Morgan fingerprint density at radius 1 is 1.53 bits per heavy atom. The first-order valence-corrected chi connectivity index (χ1v) is 5.42. The van der Waals surface area contributed by atoms with E-state index in [-0.39, 0.29) is 23.8 Å². The number of para-hydroxylation sites is 1. The molecule has 4 nitrogen and oxygen atoms in total. The number of carbonyl (C=O) groups is 1. The van der Waals surface area contributed by atoms with Gasteiger partial charge in [0.15, 0.2) is 0 Å². The molecule has 0 spiro atoms. The van der Waals surface area contributed by atoms with Crippen LogP contribution in [0.1, 0.15) is 23.7 Å². The third kappa shape index (κ3) is 3.71. The van der Waals surface area contributed by atoms with Crippen LogP contribution in [0, 0.1) is 11.7 Å². The molecule has 1 aromatic rings. The normalized spacial score (nSPS) is 12.2. The molecule has 0 radical (unpaired) electrons. The van der Waals surface area contributed by atoms with Crippen LogP contribution in [0.25, 0.3) is 0 Å². The van der Waals surface area contributed by atoms with E-state index in [1.807, 2.05) is 6.92 Å². The summed E-state index contributed by atoms with van der Waals surface area (Å²) in [5.74, 6) is -1.61. The zero-order valence-electron chi connectivity index (χ0n) is 9.61. The molecule has 1 atom stereocenters. The summed E-state index contributed by atoms with van der Waals surface area (Å²) < 4.78 is 13.5. The van der Waals surface area contributed by atoms with E-state index < -0.39 is 11.8 Å². The van der Waals surface area contributed by atoms with Gasteiger partial charge in [-0.25, -0.2) is 9.18 Å². The van der Waals surface area contributed by atoms with Gasteiger partial charge < -0.3 is 15.5 Å². The van der Waals surface area contributed by atoms with Crippen LogP contribution in [0.4, 0.5) is 10.1 Å². The molecule has 0 fully saturated rings. The smallest absolute Gasteiger partial charge is 0.337 e. The Bertz CT molecular complexity index is 395. The lowest BCUT2D eigenvalue weighted by Crippen LogP contribution is -2.15. The lowest BCUT2D eigenvalue weighted by molar-refractivity contribution is 0.0697. The summed E-state index contributed by atoms with van der Waals surface area (Å²) in [6, 6.07) is 3.93. The third-order valence-corrected chi connectivity index (χ3v) is 2.49. The maximum atomic E-state index is 13.5. The summed E-state index contributed by atoms with van der Waals surface area (Å²) in [6.45, 7) is 2.37. The summed E-state index contributed by atoms with van der Waals surface area (Å²) in [5, 5.41) is 20.4. The average Bonchev–Trinajstić information content (AvgIpc) is 2.27. The van der Waals surface area contributed by atoms with Gasteiger partial charge in [0, 0.05) is 13.2 Å². The number of carboxylic acids is 1. The van der Waals surface area contributed by atoms with Crippen LogP contribution in [-0.2, 0) is 0 Å². The highest BCUT2D eigenvalue weighted by Gasteiger charge is 2.14. The van der Waals surface area contributed by atoms with Crippen LogP contribution in [0.5, 0.6) is 0 Å². The van der Waals surface area contributed by atoms with E-state index in [1.165, 1.54) is 18.2 Å². The molecule has 0 bridgehead atoms. The van der Waals surface area contributed by atoms with Gasteiger partial charge in [0.05, 0.1) is 11.3 Å². The van der Waals surface area contributed by atoms with E-state index in [9.17, 15) is 9.18 Å². The van der Waals surface area contributed by atoms with Crippen molar-refractivity contribution >= 4 is 11.7 Å². The van der Waals surface area contributed by atoms with Gasteiger partial charge in [0.25, 0.3) is 0 Å². The molecule has 0 heterocycles. The number of aromatic carboxylic acids is 1. The number of carboxylic acid groups (broad SMARTS) is 1. The topological polar surface area (TPSA) is 69.6 Å². The summed E-state index contributed by atoms with van der Waals surface area (Å²) in [7, 11) is 0. The molecule has 0 aliphatic carbocycles. The molecule has 5 heteroatoms. The zero-order chi connectivity index (χ0) is 12.8. The monoisotopic (exact) mass is 241 g/mol. The number of hydrogen-bond donors (Lipinski definition) is 3. The fourth-order valence-corrected chi connectivity index (χ4v) is 1.48. The number of aliphatic hydroxyl groups excluding tert-OH is 1. The van der Waals surface area contributed by atoms with Crippen LogP contribution in [0.15, 0.2) is 18.2 Å². The number of hydrogen-bond acceptors (Lipinski definition) is 3. The molecule has 0 amide bonds.